The highest BCUT2D eigenvalue weighted by Gasteiger charge is 1.97. The maximum Gasteiger partial charge on any atom is 0.0684 e. The smallest absolute Gasteiger partial charge is 0.0684 e. The lowest BCUT2D eigenvalue weighted by atomic mass is 10.2. The normalized spacial score (nSPS) is 12.6. The SMILES string of the molecule is Cc1ccccc1NC[C@H](C)O. The van der Waals surface area contributed by atoms with Crippen molar-refractivity contribution in [2.24, 2.45) is 0 Å². The van der Waals surface area contributed by atoms with E-state index >= 15 is 0 Å². The zero-order chi connectivity index (χ0) is 8.97. The Bertz CT molecular complexity index is 245. The molecule has 0 amide bonds. The quantitative estimate of drug-likeness (QED) is 0.715. The minimum atomic E-state index is -0.301. The number of aliphatic hydroxyl groups is 1. The Morgan fingerprint density at radius 1 is 1.42 bits per heavy atom. The molecule has 0 fully saturated rings. The van der Waals surface area contributed by atoms with Gasteiger partial charge in [0.15, 0.2) is 0 Å². The molecule has 0 heterocycles. The minimum Gasteiger partial charge on any atom is -0.392 e. The number of para-hydroxylation sites is 1. The number of benzene rings is 1. The Hall–Kier alpha value is -1.02. The molecular formula is C10H15NO. The molecule has 0 aliphatic rings. The second kappa shape index (κ2) is 4.12. The standard InChI is InChI=1S/C10H15NO/c1-8-5-3-4-6-10(8)11-7-9(2)12/h3-6,9,11-12H,7H2,1-2H3/t9-/m0/s1. The van der Waals surface area contributed by atoms with Crippen molar-refractivity contribution in [3.05, 3.63) is 29.8 Å². The predicted octanol–water partition coefficient (Wildman–Crippen LogP) is 1.79. The van der Waals surface area contributed by atoms with Gasteiger partial charge in [-0.05, 0) is 25.5 Å². The van der Waals surface area contributed by atoms with E-state index in [1.807, 2.05) is 31.2 Å². The second-order valence-electron chi connectivity index (χ2n) is 3.04. The van der Waals surface area contributed by atoms with Crippen molar-refractivity contribution in [2.75, 3.05) is 11.9 Å². The minimum absolute atomic E-state index is 0.301. The Morgan fingerprint density at radius 3 is 2.67 bits per heavy atom. The van der Waals surface area contributed by atoms with Crippen LogP contribution in [0.1, 0.15) is 12.5 Å². The molecule has 1 aromatic carbocycles. The van der Waals surface area contributed by atoms with Gasteiger partial charge in [-0.3, -0.25) is 0 Å². The van der Waals surface area contributed by atoms with Crippen LogP contribution in [0.25, 0.3) is 0 Å². The zero-order valence-electron chi connectivity index (χ0n) is 7.54. The van der Waals surface area contributed by atoms with Gasteiger partial charge in [0.2, 0.25) is 0 Å². The van der Waals surface area contributed by atoms with Gasteiger partial charge in [-0.25, -0.2) is 0 Å². The lowest BCUT2D eigenvalue weighted by Crippen LogP contribution is -2.15. The average Bonchev–Trinajstić information content (AvgIpc) is 2.03. The Morgan fingerprint density at radius 2 is 2.08 bits per heavy atom. The summed E-state index contributed by atoms with van der Waals surface area (Å²) in [4.78, 5) is 0. The third-order valence-electron chi connectivity index (χ3n) is 1.73. The summed E-state index contributed by atoms with van der Waals surface area (Å²) in [5, 5.41) is 12.2. The van der Waals surface area contributed by atoms with E-state index in [-0.39, 0.29) is 6.10 Å². The number of anilines is 1. The van der Waals surface area contributed by atoms with Gasteiger partial charge in [-0.2, -0.15) is 0 Å². The van der Waals surface area contributed by atoms with Gasteiger partial charge in [0.05, 0.1) is 6.10 Å². The monoisotopic (exact) mass is 165 g/mol. The van der Waals surface area contributed by atoms with Crippen molar-refractivity contribution < 1.29 is 5.11 Å². The molecule has 0 spiro atoms. The Kier molecular flexibility index (Phi) is 3.11. The molecule has 0 bridgehead atoms. The summed E-state index contributed by atoms with van der Waals surface area (Å²) in [6, 6.07) is 8.04. The van der Waals surface area contributed by atoms with Crippen LogP contribution in [-0.4, -0.2) is 17.8 Å². The first kappa shape index (κ1) is 9.07. The van der Waals surface area contributed by atoms with E-state index in [0.29, 0.717) is 6.54 Å². The van der Waals surface area contributed by atoms with Crippen LogP contribution in [-0.2, 0) is 0 Å². The topological polar surface area (TPSA) is 32.3 Å². The van der Waals surface area contributed by atoms with Crippen LogP contribution in [0.2, 0.25) is 0 Å². The van der Waals surface area contributed by atoms with E-state index in [9.17, 15) is 0 Å². The molecular weight excluding hydrogens is 150 g/mol. The van der Waals surface area contributed by atoms with Gasteiger partial charge in [0.1, 0.15) is 0 Å². The van der Waals surface area contributed by atoms with Crippen molar-refractivity contribution in [1.82, 2.24) is 0 Å². The van der Waals surface area contributed by atoms with E-state index in [1.165, 1.54) is 5.56 Å². The summed E-state index contributed by atoms with van der Waals surface area (Å²) in [6.45, 7) is 4.42. The zero-order valence-corrected chi connectivity index (χ0v) is 7.54. The van der Waals surface area contributed by atoms with Crippen LogP contribution in [0.4, 0.5) is 5.69 Å². The van der Waals surface area contributed by atoms with Crippen LogP contribution in [0, 0.1) is 6.92 Å². The molecule has 12 heavy (non-hydrogen) atoms. The molecule has 1 rings (SSSR count). The molecule has 1 atom stereocenters. The Balaban J connectivity index is 2.57. The van der Waals surface area contributed by atoms with Crippen molar-refractivity contribution in [3.8, 4) is 0 Å². The fourth-order valence-electron chi connectivity index (χ4n) is 1.03. The van der Waals surface area contributed by atoms with Gasteiger partial charge in [-0.15, -0.1) is 0 Å². The van der Waals surface area contributed by atoms with Gasteiger partial charge in [-0.1, -0.05) is 18.2 Å². The van der Waals surface area contributed by atoms with Gasteiger partial charge >= 0.3 is 0 Å². The van der Waals surface area contributed by atoms with Crippen LogP contribution in [0.5, 0.6) is 0 Å². The van der Waals surface area contributed by atoms with Crippen molar-refractivity contribution >= 4 is 5.69 Å². The molecule has 0 aromatic heterocycles. The molecule has 0 unspecified atom stereocenters. The van der Waals surface area contributed by atoms with Crippen molar-refractivity contribution in [3.63, 3.8) is 0 Å². The van der Waals surface area contributed by atoms with Crippen molar-refractivity contribution in [2.45, 2.75) is 20.0 Å². The van der Waals surface area contributed by atoms with Crippen molar-refractivity contribution in [1.29, 1.82) is 0 Å². The molecule has 0 aliphatic heterocycles. The summed E-state index contributed by atoms with van der Waals surface area (Å²) in [7, 11) is 0. The van der Waals surface area contributed by atoms with Crippen LogP contribution < -0.4 is 5.32 Å². The second-order valence-corrected chi connectivity index (χ2v) is 3.04. The molecule has 66 valence electrons. The lowest BCUT2D eigenvalue weighted by molar-refractivity contribution is 0.208. The van der Waals surface area contributed by atoms with Crippen LogP contribution >= 0.6 is 0 Å². The van der Waals surface area contributed by atoms with E-state index in [4.69, 9.17) is 5.11 Å². The van der Waals surface area contributed by atoms with Gasteiger partial charge in [0, 0.05) is 12.2 Å². The molecule has 0 radical (unpaired) electrons. The van der Waals surface area contributed by atoms with Crippen LogP contribution in [0.15, 0.2) is 24.3 Å². The summed E-state index contributed by atoms with van der Waals surface area (Å²) in [6.07, 6.45) is -0.301. The number of aryl methyl sites for hydroxylation is 1. The maximum absolute atomic E-state index is 9.04. The maximum atomic E-state index is 9.04. The largest absolute Gasteiger partial charge is 0.392 e. The average molecular weight is 165 g/mol. The summed E-state index contributed by atoms with van der Waals surface area (Å²) in [5.74, 6) is 0. The van der Waals surface area contributed by atoms with E-state index < -0.39 is 0 Å². The molecule has 0 saturated heterocycles. The molecule has 2 heteroatoms. The first-order valence-corrected chi connectivity index (χ1v) is 4.17. The van der Waals surface area contributed by atoms with Crippen LogP contribution in [0.3, 0.4) is 0 Å². The molecule has 1 aromatic rings. The van der Waals surface area contributed by atoms with Gasteiger partial charge < -0.3 is 10.4 Å². The highest BCUT2D eigenvalue weighted by Crippen LogP contribution is 2.12. The highest BCUT2D eigenvalue weighted by atomic mass is 16.3. The number of aliphatic hydroxyl groups excluding tert-OH is 1. The lowest BCUT2D eigenvalue weighted by Gasteiger charge is -2.10. The molecule has 2 nitrogen and oxygen atoms in total. The summed E-state index contributed by atoms with van der Waals surface area (Å²) in [5.41, 5.74) is 2.30. The molecule has 0 aliphatic carbocycles. The number of rotatable bonds is 3. The van der Waals surface area contributed by atoms with Gasteiger partial charge in [0.25, 0.3) is 0 Å². The number of hydrogen-bond acceptors (Lipinski definition) is 2. The van der Waals surface area contributed by atoms with E-state index in [1.54, 1.807) is 6.92 Å². The Labute approximate surface area is 73.2 Å². The fraction of sp³-hybridized carbons (Fsp3) is 0.400. The summed E-state index contributed by atoms with van der Waals surface area (Å²) < 4.78 is 0. The third-order valence-corrected chi connectivity index (χ3v) is 1.73. The number of hydrogen-bond donors (Lipinski definition) is 2. The predicted molar refractivity (Wildman–Crippen MR) is 51.3 cm³/mol. The first-order chi connectivity index (χ1) is 5.70. The fourth-order valence-corrected chi connectivity index (χ4v) is 1.03. The third kappa shape index (κ3) is 2.55. The first-order valence-electron chi connectivity index (χ1n) is 4.17. The molecule has 0 saturated carbocycles. The summed E-state index contributed by atoms with van der Waals surface area (Å²) >= 11 is 0. The van der Waals surface area contributed by atoms with E-state index in [0.717, 1.165) is 5.69 Å². The number of nitrogens with one attached hydrogen (secondary N) is 1. The molecule has 2 N–H and O–H groups in total. The van der Waals surface area contributed by atoms with E-state index in [2.05, 4.69) is 5.32 Å². The highest BCUT2D eigenvalue weighted by molar-refractivity contribution is 5.50.